The van der Waals surface area contributed by atoms with Crippen molar-refractivity contribution in [2.75, 3.05) is 12.4 Å². The highest BCUT2D eigenvalue weighted by Gasteiger charge is 2.31. The molecule has 2 aromatic rings. The molecule has 0 radical (unpaired) electrons. The van der Waals surface area contributed by atoms with E-state index < -0.39 is 0 Å². The van der Waals surface area contributed by atoms with E-state index in [2.05, 4.69) is 22.5 Å². The molecular formula is C17H19N3O2. The zero-order valence-corrected chi connectivity index (χ0v) is 12.8. The number of ether oxygens (including phenoxy) is 1. The van der Waals surface area contributed by atoms with Crippen LogP contribution in [0.3, 0.4) is 0 Å². The van der Waals surface area contributed by atoms with Crippen molar-refractivity contribution in [2.45, 2.75) is 31.6 Å². The van der Waals surface area contributed by atoms with Crippen molar-refractivity contribution in [1.29, 1.82) is 0 Å². The monoisotopic (exact) mass is 297 g/mol. The molecule has 2 aliphatic rings. The van der Waals surface area contributed by atoms with Crippen molar-refractivity contribution in [2.24, 2.45) is 7.05 Å². The van der Waals surface area contributed by atoms with Crippen LogP contribution in [0.15, 0.2) is 18.3 Å². The van der Waals surface area contributed by atoms with Gasteiger partial charge in [0.15, 0.2) is 5.82 Å². The van der Waals surface area contributed by atoms with Gasteiger partial charge < -0.3 is 10.1 Å². The Bertz CT molecular complexity index is 764. The molecule has 5 nitrogen and oxygen atoms in total. The molecule has 1 aromatic heterocycles. The summed E-state index contributed by atoms with van der Waals surface area (Å²) >= 11 is 0. The molecule has 0 bridgehead atoms. The Hall–Kier alpha value is -2.30. The van der Waals surface area contributed by atoms with Crippen molar-refractivity contribution in [3.05, 3.63) is 40.6 Å². The lowest BCUT2D eigenvalue weighted by Gasteiger charge is -2.24. The Morgan fingerprint density at radius 2 is 2.05 bits per heavy atom. The van der Waals surface area contributed by atoms with Gasteiger partial charge in [-0.1, -0.05) is 6.07 Å². The molecule has 1 unspecified atom stereocenters. The number of anilines is 1. The molecule has 1 aliphatic heterocycles. The molecule has 2 heterocycles. The standard InChI is InChI=1S/C17H19N3O2/c1-20-9-14-12(8-16(21)18-17(14)19-20)13-6-10-4-3-5-11(10)7-15(13)22-2/h6-7,9,12H,3-5,8H2,1-2H3,(H,18,19,21). The second kappa shape index (κ2) is 4.87. The van der Waals surface area contributed by atoms with Crippen molar-refractivity contribution in [1.82, 2.24) is 9.78 Å². The minimum absolute atomic E-state index is 0.0123. The smallest absolute Gasteiger partial charge is 0.226 e. The number of hydrogen-bond acceptors (Lipinski definition) is 3. The normalized spacial score (nSPS) is 19.5. The number of benzene rings is 1. The minimum atomic E-state index is 0.0123. The maximum absolute atomic E-state index is 12.1. The zero-order valence-electron chi connectivity index (χ0n) is 12.8. The molecular weight excluding hydrogens is 278 g/mol. The first-order chi connectivity index (χ1) is 10.7. The van der Waals surface area contributed by atoms with Crippen LogP contribution < -0.4 is 10.1 Å². The van der Waals surface area contributed by atoms with Crippen LogP contribution in [-0.2, 0) is 24.7 Å². The lowest BCUT2D eigenvalue weighted by atomic mass is 9.85. The van der Waals surface area contributed by atoms with Gasteiger partial charge >= 0.3 is 0 Å². The van der Waals surface area contributed by atoms with Gasteiger partial charge in [0.25, 0.3) is 0 Å². The van der Waals surface area contributed by atoms with Crippen LogP contribution in [0.25, 0.3) is 0 Å². The SMILES string of the molecule is COc1cc2c(cc1C1CC(=O)Nc3nn(C)cc31)CCC2. The predicted molar refractivity (Wildman–Crippen MR) is 83.3 cm³/mol. The highest BCUT2D eigenvalue weighted by Crippen LogP contribution is 2.42. The molecule has 22 heavy (non-hydrogen) atoms. The number of rotatable bonds is 2. The first kappa shape index (κ1) is 13.4. The number of aromatic nitrogens is 2. The third-order valence-electron chi connectivity index (χ3n) is 4.70. The lowest BCUT2D eigenvalue weighted by Crippen LogP contribution is -2.23. The number of methoxy groups -OCH3 is 1. The highest BCUT2D eigenvalue weighted by molar-refractivity contribution is 5.94. The van der Waals surface area contributed by atoms with E-state index in [0.29, 0.717) is 12.2 Å². The van der Waals surface area contributed by atoms with E-state index >= 15 is 0 Å². The molecule has 0 saturated carbocycles. The van der Waals surface area contributed by atoms with E-state index in [1.165, 1.54) is 17.5 Å². The first-order valence-electron chi connectivity index (χ1n) is 7.69. The summed E-state index contributed by atoms with van der Waals surface area (Å²) in [6, 6.07) is 4.39. The van der Waals surface area contributed by atoms with Gasteiger partial charge in [-0.25, -0.2) is 0 Å². The third kappa shape index (κ3) is 2.00. The van der Waals surface area contributed by atoms with E-state index in [4.69, 9.17) is 4.74 Å². The molecule has 1 aromatic carbocycles. The van der Waals surface area contributed by atoms with Crippen molar-refractivity contribution < 1.29 is 9.53 Å². The van der Waals surface area contributed by atoms with Gasteiger partial charge in [-0.3, -0.25) is 9.48 Å². The largest absolute Gasteiger partial charge is 0.496 e. The van der Waals surface area contributed by atoms with E-state index in [1.807, 2.05) is 13.2 Å². The summed E-state index contributed by atoms with van der Waals surface area (Å²) in [7, 11) is 3.58. The van der Waals surface area contributed by atoms with Gasteiger partial charge in [0, 0.05) is 36.7 Å². The number of aryl methyl sites for hydroxylation is 3. The Morgan fingerprint density at radius 1 is 1.27 bits per heavy atom. The molecule has 1 N–H and O–H groups in total. The first-order valence-corrected chi connectivity index (χ1v) is 7.69. The van der Waals surface area contributed by atoms with Gasteiger partial charge in [-0.05, 0) is 36.5 Å². The number of carbonyl (C=O) groups is 1. The van der Waals surface area contributed by atoms with E-state index in [9.17, 15) is 4.79 Å². The highest BCUT2D eigenvalue weighted by atomic mass is 16.5. The summed E-state index contributed by atoms with van der Waals surface area (Å²) in [5.74, 6) is 1.58. The topological polar surface area (TPSA) is 56.1 Å². The van der Waals surface area contributed by atoms with Gasteiger partial charge in [-0.2, -0.15) is 5.10 Å². The Balaban J connectivity index is 1.86. The third-order valence-corrected chi connectivity index (χ3v) is 4.70. The molecule has 0 spiro atoms. The van der Waals surface area contributed by atoms with Crippen LogP contribution in [0, 0.1) is 0 Å². The second-order valence-electron chi connectivity index (χ2n) is 6.13. The fraction of sp³-hybridized carbons (Fsp3) is 0.412. The molecule has 114 valence electrons. The predicted octanol–water partition coefficient (Wildman–Crippen LogP) is 2.39. The summed E-state index contributed by atoms with van der Waals surface area (Å²) in [5.41, 5.74) is 4.95. The molecule has 0 fully saturated rings. The molecule has 1 atom stereocenters. The number of nitrogens with one attached hydrogen (secondary N) is 1. The van der Waals surface area contributed by atoms with Crippen LogP contribution >= 0.6 is 0 Å². The van der Waals surface area contributed by atoms with Crippen molar-refractivity contribution in [3.63, 3.8) is 0 Å². The van der Waals surface area contributed by atoms with Gasteiger partial charge in [0.05, 0.1) is 7.11 Å². The maximum atomic E-state index is 12.1. The van der Waals surface area contributed by atoms with Crippen LogP contribution in [0.2, 0.25) is 0 Å². The van der Waals surface area contributed by atoms with Gasteiger partial charge in [0.2, 0.25) is 5.91 Å². The molecule has 0 saturated heterocycles. The number of hydrogen-bond donors (Lipinski definition) is 1. The minimum Gasteiger partial charge on any atom is -0.496 e. The fourth-order valence-electron chi connectivity index (χ4n) is 3.68. The van der Waals surface area contributed by atoms with Gasteiger partial charge in [-0.15, -0.1) is 0 Å². The average molecular weight is 297 g/mol. The molecule has 1 amide bonds. The Labute approximate surface area is 129 Å². The second-order valence-corrected chi connectivity index (χ2v) is 6.13. The summed E-state index contributed by atoms with van der Waals surface area (Å²) in [5, 5.41) is 7.21. The number of amides is 1. The quantitative estimate of drug-likeness (QED) is 0.926. The van der Waals surface area contributed by atoms with E-state index in [0.717, 1.165) is 29.7 Å². The average Bonchev–Trinajstić information content (AvgIpc) is 3.09. The fourth-order valence-corrected chi connectivity index (χ4v) is 3.68. The van der Waals surface area contributed by atoms with Crippen molar-refractivity contribution in [3.8, 4) is 5.75 Å². The van der Waals surface area contributed by atoms with Crippen LogP contribution in [0.4, 0.5) is 5.82 Å². The Morgan fingerprint density at radius 3 is 2.82 bits per heavy atom. The molecule has 1 aliphatic carbocycles. The maximum Gasteiger partial charge on any atom is 0.226 e. The summed E-state index contributed by atoms with van der Waals surface area (Å²) in [6.07, 6.45) is 5.87. The number of carbonyl (C=O) groups excluding carboxylic acids is 1. The zero-order chi connectivity index (χ0) is 15.3. The van der Waals surface area contributed by atoms with E-state index in [1.54, 1.807) is 11.8 Å². The molecule has 4 rings (SSSR count). The van der Waals surface area contributed by atoms with Crippen LogP contribution in [0.5, 0.6) is 5.75 Å². The number of nitrogens with zero attached hydrogens (tertiary/aromatic N) is 2. The molecule has 5 heteroatoms. The van der Waals surface area contributed by atoms with Crippen molar-refractivity contribution >= 4 is 11.7 Å². The summed E-state index contributed by atoms with van der Waals surface area (Å²) < 4.78 is 7.38. The summed E-state index contributed by atoms with van der Waals surface area (Å²) in [4.78, 5) is 12.1. The number of fused-ring (bicyclic) bond motifs is 2. The summed E-state index contributed by atoms with van der Waals surface area (Å²) in [6.45, 7) is 0. The Kier molecular flexibility index (Phi) is 2.96. The van der Waals surface area contributed by atoms with E-state index in [-0.39, 0.29) is 11.8 Å². The van der Waals surface area contributed by atoms with Gasteiger partial charge in [0.1, 0.15) is 5.75 Å². The van der Waals surface area contributed by atoms with Crippen LogP contribution in [0.1, 0.15) is 41.0 Å². The van der Waals surface area contributed by atoms with Crippen LogP contribution in [-0.4, -0.2) is 22.8 Å². The lowest BCUT2D eigenvalue weighted by molar-refractivity contribution is -0.116.